The van der Waals surface area contributed by atoms with Gasteiger partial charge in [0.05, 0.1) is 12.1 Å². The average molecular weight is 329 g/mol. The van der Waals surface area contributed by atoms with Crippen LogP contribution in [0.1, 0.15) is 37.0 Å². The summed E-state index contributed by atoms with van der Waals surface area (Å²) in [5.41, 5.74) is 1.55. The van der Waals surface area contributed by atoms with Crippen LogP contribution in [0, 0.1) is 5.82 Å². The molecule has 2 aromatic carbocycles. The van der Waals surface area contributed by atoms with Crippen molar-refractivity contribution >= 4 is 5.91 Å². The second-order valence-corrected chi connectivity index (χ2v) is 6.16. The average Bonchev–Trinajstić information content (AvgIpc) is 2.92. The van der Waals surface area contributed by atoms with Gasteiger partial charge in [-0.15, -0.1) is 0 Å². The van der Waals surface area contributed by atoms with Crippen LogP contribution < -0.4 is 10.1 Å². The normalized spacial score (nSPS) is 21.5. The Morgan fingerprint density at radius 3 is 2.54 bits per heavy atom. The fraction of sp³-hybridized carbons (Fsp3) is 0.316. The molecule has 0 saturated heterocycles. The number of carbonyl (C=O) groups is 1. The zero-order valence-electron chi connectivity index (χ0n) is 13.6. The van der Waals surface area contributed by atoms with Gasteiger partial charge in [0.1, 0.15) is 11.6 Å². The summed E-state index contributed by atoms with van der Waals surface area (Å²) in [6, 6.07) is 12.6. The van der Waals surface area contributed by atoms with E-state index < -0.39 is 18.2 Å². The zero-order valence-corrected chi connectivity index (χ0v) is 13.6. The molecule has 1 aliphatic rings. The molecule has 0 fully saturated rings. The number of carbonyl (C=O) groups excluding carboxylic acids is 1. The SMILES string of the molecule is CC(NC(=O)C1Oc2ccccc2C1C)C(O)c1ccc(F)cc1. The van der Waals surface area contributed by atoms with Crippen LogP contribution in [-0.2, 0) is 4.79 Å². The van der Waals surface area contributed by atoms with Crippen molar-refractivity contribution in [3.8, 4) is 5.75 Å². The van der Waals surface area contributed by atoms with Crippen molar-refractivity contribution in [3.63, 3.8) is 0 Å². The molecule has 1 heterocycles. The number of rotatable bonds is 4. The molecule has 1 aliphatic heterocycles. The van der Waals surface area contributed by atoms with Gasteiger partial charge in [-0.3, -0.25) is 4.79 Å². The van der Waals surface area contributed by atoms with Crippen LogP contribution in [0.4, 0.5) is 4.39 Å². The largest absolute Gasteiger partial charge is 0.480 e. The fourth-order valence-electron chi connectivity index (χ4n) is 2.98. The molecule has 0 aromatic heterocycles. The Hall–Kier alpha value is -2.40. The van der Waals surface area contributed by atoms with Crippen molar-refractivity contribution in [1.29, 1.82) is 0 Å². The third kappa shape index (κ3) is 3.12. The Balaban J connectivity index is 1.66. The monoisotopic (exact) mass is 329 g/mol. The number of hydrogen-bond donors (Lipinski definition) is 2. The highest BCUT2D eigenvalue weighted by molar-refractivity contribution is 5.83. The second kappa shape index (κ2) is 6.61. The maximum absolute atomic E-state index is 13.0. The van der Waals surface area contributed by atoms with Crippen LogP contribution in [0.3, 0.4) is 0 Å². The summed E-state index contributed by atoms with van der Waals surface area (Å²) in [5.74, 6) is 0.0224. The Morgan fingerprint density at radius 1 is 1.21 bits per heavy atom. The van der Waals surface area contributed by atoms with Gasteiger partial charge in [0.15, 0.2) is 6.10 Å². The molecule has 1 amide bonds. The number of amides is 1. The van der Waals surface area contributed by atoms with Crippen molar-refractivity contribution in [2.45, 2.75) is 38.0 Å². The molecule has 0 aliphatic carbocycles. The minimum atomic E-state index is -0.923. The number of ether oxygens (including phenoxy) is 1. The summed E-state index contributed by atoms with van der Waals surface area (Å²) in [6.45, 7) is 3.65. The number of aliphatic hydroxyl groups is 1. The number of fused-ring (bicyclic) bond motifs is 1. The van der Waals surface area contributed by atoms with Crippen molar-refractivity contribution in [1.82, 2.24) is 5.32 Å². The Morgan fingerprint density at radius 2 is 1.88 bits per heavy atom. The molecule has 4 atom stereocenters. The van der Waals surface area contributed by atoms with Gasteiger partial charge >= 0.3 is 0 Å². The quantitative estimate of drug-likeness (QED) is 0.907. The molecule has 2 aromatic rings. The van der Waals surface area contributed by atoms with E-state index in [1.807, 2.05) is 31.2 Å². The molecule has 4 nitrogen and oxygen atoms in total. The topological polar surface area (TPSA) is 58.6 Å². The van der Waals surface area contributed by atoms with Crippen LogP contribution in [0.15, 0.2) is 48.5 Å². The Labute approximate surface area is 140 Å². The van der Waals surface area contributed by atoms with Gasteiger partial charge in [0, 0.05) is 11.5 Å². The molecular weight excluding hydrogens is 309 g/mol. The zero-order chi connectivity index (χ0) is 17.3. The molecule has 4 unspecified atom stereocenters. The van der Waals surface area contributed by atoms with Crippen LogP contribution in [0.25, 0.3) is 0 Å². The third-order valence-electron chi connectivity index (χ3n) is 4.43. The molecule has 24 heavy (non-hydrogen) atoms. The first-order chi connectivity index (χ1) is 11.5. The van der Waals surface area contributed by atoms with Gasteiger partial charge in [-0.25, -0.2) is 4.39 Å². The summed E-state index contributed by atoms with van der Waals surface area (Å²) in [5, 5.41) is 13.1. The molecule has 0 spiro atoms. The fourth-order valence-corrected chi connectivity index (χ4v) is 2.98. The van der Waals surface area contributed by atoms with E-state index in [1.54, 1.807) is 6.92 Å². The van der Waals surface area contributed by atoms with Crippen LogP contribution in [-0.4, -0.2) is 23.2 Å². The maximum atomic E-state index is 13.0. The van der Waals surface area contributed by atoms with E-state index in [9.17, 15) is 14.3 Å². The highest BCUT2D eigenvalue weighted by atomic mass is 19.1. The summed E-state index contributed by atoms with van der Waals surface area (Å²) < 4.78 is 18.7. The molecule has 2 N–H and O–H groups in total. The lowest BCUT2D eigenvalue weighted by molar-refractivity contribution is -0.129. The predicted octanol–water partition coefficient (Wildman–Crippen LogP) is 2.93. The van der Waals surface area contributed by atoms with E-state index in [0.29, 0.717) is 5.56 Å². The van der Waals surface area contributed by atoms with Crippen LogP contribution in [0.2, 0.25) is 0 Å². The van der Waals surface area contributed by atoms with Crippen molar-refractivity contribution < 1.29 is 19.0 Å². The molecule has 126 valence electrons. The van der Waals surface area contributed by atoms with Crippen LogP contribution >= 0.6 is 0 Å². The molecule has 3 rings (SSSR count). The van der Waals surface area contributed by atoms with Crippen molar-refractivity contribution in [2.24, 2.45) is 0 Å². The predicted molar refractivity (Wildman–Crippen MR) is 88.2 cm³/mol. The summed E-state index contributed by atoms with van der Waals surface area (Å²) in [7, 11) is 0. The molecule has 0 radical (unpaired) electrons. The molecule has 0 bridgehead atoms. The summed E-state index contributed by atoms with van der Waals surface area (Å²) in [4.78, 5) is 12.5. The highest BCUT2D eigenvalue weighted by Gasteiger charge is 2.37. The van der Waals surface area contributed by atoms with Gasteiger partial charge < -0.3 is 15.2 Å². The summed E-state index contributed by atoms with van der Waals surface area (Å²) >= 11 is 0. The van der Waals surface area contributed by atoms with E-state index in [1.165, 1.54) is 24.3 Å². The number of hydrogen-bond acceptors (Lipinski definition) is 3. The van der Waals surface area contributed by atoms with Crippen molar-refractivity contribution in [3.05, 3.63) is 65.5 Å². The lowest BCUT2D eigenvalue weighted by atomic mass is 9.96. The molecule has 5 heteroatoms. The van der Waals surface area contributed by atoms with E-state index in [0.717, 1.165) is 11.3 Å². The number of nitrogens with one attached hydrogen (secondary N) is 1. The standard InChI is InChI=1S/C19H20FNO3/c1-11-15-5-3-4-6-16(15)24-18(11)19(23)21-12(2)17(22)13-7-9-14(20)10-8-13/h3-12,17-18,22H,1-2H3,(H,21,23). The number of halogens is 1. The minimum Gasteiger partial charge on any atom is -0.480 e. The Bertz CT molecular complexity index is 732. The van der Waals surface area contributed by atoms with Gasteiger partial charge in [-0.1, -0.05) is 37.3 Å². The first-order valence-corrected chi connectivity index (χ1v) is 7.97. The lowest BCUT2D eigenvalue weighted by Crippen LogP contribution is -2.45. The number of para-hydroxylation sites is 1. The second-order valence-electron chi connectivity index (χ2n) is 6.16. The minimum absolute atomic E-state index is 0.0589. The van der Waals surface area contributed by atoms with E-state index >= 15 is 0 Å². The van der Waals surface area contributed by atoms with E-state index in [-0.39, 0.29) is 17.6 Å². The van der Waals surface area contributed by atoms with Crippen LogP contribution in [0.5, 0.6) is 5.75 Å². The third-order valence-corrected chi connectivity index (χ3v) is 4.43. The van der Waals surface area contributed by atoms with E-state index in [4.69, 9.17) is 4.74 Å². The smallest absolute Gasteiger partial charge is 0.262 e. The molecule has 0 saturated carbocycles. The van der Waals surface area contributed by atoms with E-state index in [2.05, 4.69) is 5.32 Å². The van der Waals surface area contributed by atoms with Crippen molar-refractivity contribution in [2.75, 3.05) is 0 Å². The highest BCUT2D eigenvalue weighted by Crippen LogP contribution is 2.37. The number of benzene rings is 2. The first kappa shape index (κ1) is 16.5. The van der Waals surface area contributed by atoms with Gasteiger partial charge in [0.2, 0.25) is 0 Å². The number of aliphatic hydroxyl groups excluding tert-OH is 1. The maximum Gasteiger partial charge on any atom is 0.262 e. The first-order valence-electron chi connectivity index (χ1n) is 7.97. The summed E-state index contributed by atoms with van der Waals surface area (Å²) in [6.07, 6.45) is -1.54. The van der Waals surface area contributed by atoms with Gasteiger partial charge in [-0.2, -0.15) is 0 Å². The lowest BCUT2D eigenvalue weighted by Gasteiger charge is -2.23. The Kier molecular flexibility index (Phi) is 4.53. The molecular formula is C19H20FNO3. The van der Waals surface area contributed by atoms with Gasteiger partial charge in [-0.05, 0) is 30.7 Å². The van der Waals surface area contributed by atoms with Gasteiger partial charge in [0.25, 0.3) is 5.91 Å².